The van der Waals surface area contributed by atoms with Gasteiger partial charge in [-0.3, -0.25) is 57.5 Å². The Kier molecular flexibility index (Phi) is 81.4. The number of ether oxygens (including phenoxy) is 26. The first-order chi connectivity index (χ1) is 68.6. The van der Waals surface area contributed by atoms with E-state index in [0.717, 1.165) is 11.8 Å². The van der Waals surface area contributed by atoms with Gasteiger partial charge in [-0.2, -0.15) is 97.6 Å². The minimum Gasteiger partial charge on any atom is -0.471 e. The number of thioether (sulfide) groups is 9. The molecule has 0 bridgehead atoms. The Morgan fingerprint density at radius 1 is 0.261 bits per heavy atom. The van der Waals surface area contributed by atoms with E-state index in [4.69, 9.17) is 184 Å². The molecule has 5 aliphatic heterocycles. The Morgan fingerprint density at radius 3 is 0.563 bits per heavy atom. The zero-order chi connectivity index (χ0) is 104. The third kappa shape index (κ3) is 73.6. The predicted molar refractivity (Wildman–Crippen MR) is 574 cm³/mol. The number of hydrogen-bond acceptors (Lipinski definition) is 57. The fourth-order valence-electron chi connectivity index (χ4n) is 10.6. The summed E-state index contributed by atoms with van der Waals surface area (Å²) in [5, 5.41) is 0. The topological polar surface area (TPSA) is 462 Å². The smallest absolute Gasteiger partial charge is 0.330 e. The molecule has 0 spiro atoms. The number of esters is 13. The molecule has 5 fully saturated rings. The van der Waals surface area contributed by atoms with E-state index in [2.05, 4.69) is 57.1 Å². The second-order valence-electron chi connectivity index (χ2n) is 29.6. The van der Waals surface area contributed by atoms with Crippen LogP contribution in [0.2, 0.25) is 0 Å². The minimum atomic E-state index is -1.07. The minimum absolute atomic E-state index is 0.0256. The summed E-state index contributed by atoms with van der Waals surface area (Å²) in [6.45, 7) is 4.38. The van der Waals surface area contributed by atoms with Gasteiger partial charge < -0.3 is 123 Å². The normalized spacial score (nSPS) is 16.6. The second kappa shape index (κ2) is 87.1. The van der Waals surface area contributed by atoms with Crippen LogP contribution in [0.15, 0.2) is 12.7 Å². The van der Waals surface area contributed by atoms with E-state index >= 15 is 0 Å². The van der Waals surface area contributed by atoms with E-state index in [1.54, 1.807) is 0 Å². The van der Waals surface area contributed by atoms with Gasteiger partial charge in [0.2, 0.25) is 21.9 Å². The van der Waals surface area contributed by atoms with Crippen LogP contribution < -0.4 is 0 Å². The molecule has 57 heteroatoms. The Morgan fingerprint density at radius 2 is 0.415 bits per heavy atom. The highest BCUT2D eigenvalue weighted by molar-refractivity contribution is 8.24. The van der Waals surface area contributed by atoms with Crippen molar-refractivity contribution in [3.63, 3.8) is 0 Å². The standard InChI is InChI=1S/C53H76O24S12.C25H44O12S4.C7H8O3S2/c54-41(1-17-82-21-5-45(58)70-25-37-29-86-49(78)74-37)66-13-9-62-33-53(34-63-10-14-67-42(55)2-18-83-22-6-46(59)71-26-38-30-87-50(79)75-38,35-64-11-15-68-43(56)3-19-84-23-7-47(60)72-27-39-31-88-51(80)76-39)36-65-12-16-69-44(57)4-20-85-24-8-48(61)73-28-40-32-89-52(81)77-40;26-21(1-13-38)34-9-5-30-17-25(18-31-6-10-35-22(27)2-14-39,19-32-7-11-36-23(28)3-15-40)20-33-8-12-37-24(29)4-16-41;1-2-6(8)9-3-5-4-12-7(11)10-5/h37-40H,1-36H2;38-41H,1-20H2;2,5H,1,3-4H2. The number of rotatable bonds is 83. The van der Waals surface area contributed by atoms with Gasteiger partial charge in [0.25, 0.3) is 0 Å². The van der Waals surface area contributed by atoms with Gasteiger partial charge in [-0.1, -0.05) is 65.4 Å². The lowest BCUT2D eigenvalue weighted by molar-refractivity contribution is -0.153. The zero-order valence-electron chi connectivity index (χ0n) is 78.6. The van der Waals surface area contributed by atoms with E-state index in [1.165, 1.54) is 106 Å². The van der Waals surface area contributed by atoms with Crippen LogP contribution in [0, 0.1) is 10.8 Å². The Bertz CT molecular complexity index is 3320. The van der Waals surface area contributed by atoms with Crippen LogP contribution in [-0.2, 0) is 185 Å². The van der Waals surface area contributed by atoms with E-state index < -0.39 is 40.7 Å². The largest absolute Gasteiger partial charge is 0.471 e. The van der Waals surface area contributed by atoms with Crippen molar-refractivity contribution in [2.45, 2.75) is 108 Å². The van der Waals surface area contributed by atoms with Crippen LogP contribution in [0.1, 0.15) is 77.0 Å². The van der Waals surface area contributed by atoms with Crippen molar-refractivity contribution in [3.05, 3.63) is 12.7 Å². The van der Waals surface area contributed by atoms with Crippen molar-refractivity contribution in [3.8, 4) is 0 Å². The quantitative estimate of drug-likeness (QED) is 0.0110. The van der Waals surface area contributed by atoms with E-state index in [1.807, 2.05) is 0 Å². The number of hydrogen-bond donors (Lipinski definition) is 4. The molecule has 5 aliphatic rings. The Labute approximate surface area is 914 Å². The average molecular weight is 2350 g/mol. The van der Waals surface area contributed by atoms with Crippen molar-refractivity contribution in [2.24, 2.45) is 10.8 Å². The van der Waals surface area contributed by atoms with Gasteiger partial charge in [-0.25, -0.2) is 4.79 Å². The van der Waals surface area contributed by atoms with Crippen LogP contribution >= 0.6 is 217 Å². The van der Waals surface area contributed by atoms with Crippen LogP contribution in [0.3, 0.4) is 0 Å². The Balaban J connectivity index is 0.000000801. The maximum Gasteiger partial charge on any atom is 0.330 e. The van der Waals surface area contributed by atoms with Gasteiger partial charge in [0.1, 0.15) is 116 Å². The molecule has 0 aromatic carbocycles. The van der Waals surface area contributed by atoms with Crippen LogP contribution in [0.5, 0.6) is 0 Å². The van der Waals surface area contributed by atoms with Crippen LogP contribution in [0.4, 0.5) is 0 Å². The van der Waals surface area contributed by atoms with Crippen molar-refractivity contribution >= 4 is 317 Å². The summed E-state index contributed by atoms with van der Waals surface area (Å²) < 4.78 is 144. The molecule has 5 rings (SSSR count). The molecule has 5 atom stereocenters. The SMILES string of the molecule is C=CC(=O)OCC1CSC(=S)O1.O=C(CCS)OCCOCC(COCCOC(=O)CCS)(COCCOC(=O)CCS)COCCOC(=O)CCS.O=C(CCSCCC(=O)OCC1CSC(=S)O1)OCCOCC(COCCOC(=O)CCSCCC(=O)OCC1CSC(=S)O1)(COCCOC(=O)CCSCCC(=O)OCC1CSC(=S)O1)COCCOC(=O)CCSCCC(=O)OCC1CSC(=S)O1. The number of thiocarbonyl (C=S) groups is 5. The predicted octanol–water partition coefficient (Wildman–Crippen LogP) is 8.73. The van der Waals surface area contributed by atoms with Crippen molar-refractivity contribution in [2.75, 3.05) is 289 Å². The first kappa shape index (κ1) is 133. The lowest BCUT2D eigenvalue weighted by Gasteiger charge is -2.33. The maximum atomic E-state index is 12.6. The molecule has 0 radical (unpaired) electrons. The molecule has 0 amide bonds. The van der Waals surface area contributed by atoms with Gasteiger partial charge in [0, 0.05) is 104 Å². The molecule has 810 valence electrons. The number of carbonyl (C=O) groups is 13. The molecule has 0 N–H and O–H groups in total. The summed E-state index contributed by atoms with van der Waals surface area (Å²) in [7, 11) is 0. The summed E-state index contributed by atoms with van der Waals surface area (Å²) in [6.07, 6.45) is 1.84. The van der Waals surface area contributed by atoms with E-state index in [0.29, 0.717) is 114 Å². The third-order valence-electron chi connectivity index (χ3n) is 17.6. The van der Waals surface area contributed by atoms with Gasteiger partial charge >= 0.3 is 77.6 Å². The molecule has 5 saturated heterocycles. The van der Waals surface area contributed by atoms with Crippen LogP contribution in [-0.4, -0.2) is 419 Å². The Hall–Kier alpha value is -3.47. The van der Waals surface area contributed by atoms with Crippen molar-refractivity contribution in [1.29, 1.82) is 0 Å². The zero-order valence-corrected chi connectivity index (χ0v) is 93.6. The fraction of sp³-hybridized carbons (Fsp3) is 0.765. The molecule has 39 nitrogen and oxygen atoms in total. The molecule has 0 aliphatic carbocycles. The molecule has 0 aromatic rings. The molecule has 5 unspecified atom stereocenters. The molecule has 5 heterocycles. The third-order valence-corrected chi connectivity index (χ3v) is 29.0. The van der Waals surface area contributed by atoms with E-state index in [9.17, 15) is 62.3 Å². The molecular formula is C85H128O39S18. The highest BCUT2D eigenvalue weighted by atomic mass is 32.2. The summed E-state index contributed by atoms with van der Waals surface area (Å²) in [5.74, 6) is 2.99. The number of thiol groups is 4. The molecular weight excluding hydrogens is 2220 g/mol. The second-order valence-corrected chi connectivity index (χ2v) is 44.4. The average Bonchev–Trinajstić information content (AvgIpc) is 1.05. The van der Waals surface area contributed by atoms with Gasteiger partial charge in [0.15, 0.2) is 0 Å². The molecule has 142 heavy (non-hydrogen) atoms. The fourth-order valence-corrected chi connectivity index (χ4v) is 19.8. The van der Waals surface area contributed by atoms with Crippen molar-refractivity contribution < 1.29 is 185 Å². The lowest BCUT2D eigenvalue weighted by Crippen LogP contribution is -2.43. The van der Waals surface area contributed by atoms with Gasteiger partial charge in [-0.05, 0) is 61.1 Å². The summed E-state index contributed by atoms with van der Waals surface area (Å²) >= 11 is 53.4. The highest BCUT2D eigenvalue weighted by Crippen LogP contribution is 2.28. The summed E-state index contributed by atoms with van der Waals surface area (Å²) in [5.41, 5.74) is -1.92. The number of carbonyl (C=O) groups excluding carboxylic acids is 13. The highest BCUT2D eigenvalue weighted by Gasteiger charge is 2.36. The molecule has 0 saturated carbocycles. The first-order valence-electron chi connectivity index (χ1n) is 44.8. The summed E-state index contributed by atoms with van der Waals surface area (Å²) in [4.78, 5) is 156. The first-order valence-corrected chi connectivity index (χ1v) is 58.9. The monoisotopic (exact) mass is 2350 g/mol. The van der Waals surface area contributed by atoms with Gasteiger partial charge in [-0.15, -0.1) is 0 Å². The van der Waals surface area contributed by atoms with Gasteiger partial charge in [0.05, 0.1) is 194 Å². The molecule has 0 aromatic heterocycles. The van der Waals surface area contributed by atoms with Crippen molar-refractivity contribution in [1.82, 2.24) is 0 Å². The van der Waals surface area contributed by atoms with Crippen LogP contribution in [0.25, 0.3) is 0 Å². The summed E-state index contributed by atoms with van der Waals surface area (Å²) in [6, 6.07) is 0. The maximum absolute atomic E-state index is 12.6. The lowest BCUT2D eigenvalue weighted by atomic mass is 9.92. The van der Waals surface area contributed by atoms with E-state index in [-0.39, 0.29) is 347 Å².